The molecule has 2 aromatic carbocycles. The van der Waals surface area contributed by atoms with Crippen molar-refractivity contribution in [3.63, 3.8) is 0 Å². The smallest absolute Gasteiger partial charge is 0.171 e. The number of methoxy groups -OCH3 is 1. The highest BCUT2D eigenvalue weighted by atomic mass is 32.1. The van der Waals surface area contributed by atoms with Gasteiger partial charge in [-0.15, -0.1) is 0 Å². The third-order valence-corrected chi connectivity index (χ3v) is 5.91. The third-order valence-electron chi connectivity index (χ3n) is 5.69. The second-order valence-corrected chi connectivity index (χ2v) is 8.24. The Balaban J connectivity index is 1.61. The summed E-state index contributed by atoms with van der Waals surface area (Å²) in [6.45, 7) is 4.62. The maximum Gasteiger partial charge on any atom is 0.171 e. The number of ether oxygens (including phenoxy) is 2. The van der Waals surface area contributed by atoms with E-state index in [-0.39, 0.29) is 11.8 Å². The highest BCUT2D eigenvalue weighted by Crippen LogP contribution is 2.37. The average Bonchev–Trinajstić information content (AvgIpc) is 2.73. The number of nitrogens with one attached hydrogen (secondary N) is 2. The van der Waals surface area contributed by atoms with Crippen LogP contribution in [0.15, 0.2) is 47.7 Å². The van der Waals surface area contributed by atoms with Crippen molar-refractivity contribution in [2.45, 2.75) is 45.8 Å². The lowest BCUT2D eigenvalue weighted by Gasteiger charge is -2.34. The van der Waals surface area contributed by atoms with Gasteiger partial charge in [-0.1, -0.05) is 29.8 Å². The Morgan fingerprint density at radius 3 is 2.73 bits per heavy atom. The Labute approximate surface area is 182 Å². The summed E-state index contributed by atoms with van der Waals surface area (Å²) in [5.41, 5.74) is 6.19. The van der Waals surface area contributed by atoms with Gasteiger partial charge in [0.05, 0.1) is 13.2 Å². The minimum absolute atomic E-state index is 0.165. The Morgan fingerprint density at radius 1 is 1.10 bits per heavy atom. The summed E-state index contributed by atoms with van der Waals surface area (Å²) >= 11 is 5.37. The quantitative estimate of drug-likeness (QED) is 0.696. The molecule has 0 saturated carbocycles. The number of benzene rings is 2. The number of rotatable bonds is 5. The number of hydrogen-bond donors (Lipinski definition) is 2. The van der Waals surface area contributed by atoms with E-state index in [2.05, 4.69) is 42.7 Å². The predicted octanol–water partition coefficient (Wildman–Crippen LogP) is 4.42. The summed E-state index contributed by atoms with van der Waals surface area (Å²) in [7, 11) is 1.63. The largest absolute Gasteiger partial charge is 0.493 e. The molecule has 6 heteroatoms. The minimum atomic E-state index is -0.275. The average molecular weight is 423 g/mol. The van der Waals surface area contributed by atoms with Crippen LogP contribution in [0.3, 0.4) is 0 Å². The maximum absolute atomic E-state index is 12.6. The molecule has 0 spiro atoms. The van der Waals surface area contributed by atoms with E-state index < -0.39 is 0 Å². The van der Waals surface area contributed by atoms with Crippen LogP contribution in [0.4, 0.5) is 0 Å². The highest BCUT2D eigenvalue weighted by molar-refractivity contribution is 7.80. The molecule has 1 atom stereocenters. The number of Topliss-reactive ketones (excluding diaryl/α,β-unsaturated/α-hetero) is 1. The van der Waals surface area contributed by atoms with Crippen LogP contribution in [0.1, 0.15) is 47.6 Å². The van der Waals surface area contributed by atoms with Gasteiger partial charge in [-0.3, -0.25) is 4.79 Å². The SMILES string of the molecule is COc1cc(C2NC(=S)NC3=C2C(=O)CCC3)ccc1OCc1cc(C)ccc1C. The lowest BCUT2D eigenvalue weighted by Crippen LogP contribution is -2.46. The number of aryl methyl sites for hydroxylation is 2. The van der Waals surface area contributed by atoms with Crippen LogP contribution in [0.25, 0.3) is 0 Å². The van der Waals surface area contributed by atoms with Crippen LogP contribution < -0.4 is 20.1 Å². The fourth-order valence-electron chi connectivity index (χ4n) is 4.05. The van der Waals surface area contributed by atoms with Gasteiger partial charge in [0, 0.05) is 17.7 Å². The maximum atomic E-state index is 12.6. The van der Waals surface area contributed by atoms with Gasteiger partial charge in [-0.2, -0.15) is 0 Å². The van der Waals surface area contributed by atoms with E-state index in [1.54, 1.807) is 7.11 Å². The van der Waals surface area contributed by atoms with Crippen molar-refractivity contribution < 1.29 is 14.3 Å². The normalized spacial score (nSPS) is 18.4. The molecule has 0 aromatic heterocycles. The molecular formula is C24H26N2O3S. The molecule has 2 aromatic rings. The second-order valence-electron chi connectivity index (χ2n) is 7.83. The number of ketones is 1. The number of carbonyl (C=O) groups excluding carboxylic acids is 1. The molecule has 0 fully saturated rings. The van der Waals surface area contributed by atoms with Crippen molar-refractivity contribution in [1.82, 2.24) is 10.6 Å². The molecule has 1 unspecified atom stereocenters. The van der Waals surface area contributed by atoms with E-state index in [1.807, 2.05) is 18.2 Å². The zero-order chi connectivity index (χ0) is 21.3. The number of hydrogen-bond acceptors (Lipinski definition) is 4. The lowest BCUT2D eigenvalue weighted by atomic mass is 9.85. The fraction of sp³-hybridized carbons (Fsp3) is 0.333. The van der Waals surface area contributed by atoms with Crippen molar-refractivity contribution in [3.05, 3.63) is 69.9 Å². The van der Waals surface area contributed by atoms with E-state index in [0.29, 0.717) is 29.6 Å². The topological polar surface area (TPSA) is 59.6 Å². The number of carbonyl (C=O) groups is 1. The van der Waals surface area contributed by atoms with Gasteiger partial charge in [-0.25, -0.2) is 0 Å². The van der Waals surface area contributed by atoms with Crippen molar-refractivity contribution in [3.8, 4) is 11.5 Å². The molecule has 2 N–H and O–H groups in total. The monoisotopic (exact) mass is 422 g/mol. The summed E-state index contributed by atoms with van der Waals surface area (Å²) in [4.78, 5) is 12.6. The Morgan fingerprint density at radius 2 is 1.93 bits per heavy atom. The first-order chi connectivity index (χ1) is 14.5. The number of thiocarbonyl (C=S) groups is 1. The molecular weight excluding hydrogens is 396 g/mol. The van der Waals surface area contributed by atoms with Crippen molar-refractivity contribution in [2.24, 2.45) is 0 Å². The van der Waals surface area contributed by atoms with Gasteiger partial charge in [0.2, 0.25) is 0 Å². The van der Waals surface area contributed by atoms with Crippen LogP contribution in [0.5, 0.6) is 11.5 Å². The van der Waals surface area contributed by atoms with Crippen molar-refractivity contribution in [1.29, 1.82) is 0 Å². The Kier molecular flexibility index (Phi) is 5.77. The van der Waals surface area contributed by atoms with Gasteiger partial charge in [0.15, 0.2) is 22.4 Å². The summed E-state index contributed by atoms with van der Waals surface area (Å²) in [6.07, 6.45) is 2.27. The van der Waals surface area contributed by atoms with Gasteiger partial charge in [-0.05, 0) is 67.7 Å². The molecule has 0 amide bonds. The predicted molar refractivity (Wildman–Crippen MR) is 121 cm³/mol. The molecule has 0 bridgehead atoms. The second kappa shape index (κ2) is 8.48. The summed E-state index contributed by atoms with van der Waals surface area (Å²) in [6, 6.07) is 11.9. The molecule has 0 radical (unpaired) electrons. The third kappa shape index (κ3) is 4.05. The van der Waals surface area contributed by atoms with Crippen molar-refractivity contribution in [2.75, 3.05) is 7.11 Å². The van der Waals surface area contributed by atoms with E-state index in [4.69, 9.17) is 21.7 Å². The molecule has 1 aliphatic carbocycles. The molecule has 30 heavy (non-hydrogen) atoms. The van der Waals surface area contributed by atoms with Gasteiger partial charge >= 0.3 is 0 Å². The van der Waals surface area contributed by atoms with E-state index in [1.165, 1.54) is 11.1 Å². The van der Waals surface area contributed by atoms with E-state index in [9.17, 15) is 4.79 Å². The van der Waals surface area contributed by atoms with Crippen LogP contribution in [0.2, 0.25) is 0 Å². The van der Waals surface area contributed by atoms with Crippen LogP contribution >= 0.6 is 12.2 Å². The molecule has 1 heterocycles. The standard InChI is InChI=1S/C24H26N2O3S/c1-14-7-8-15(2)17(11-14)13-29-20-10-9-16(12-21(20)28-3)23-22-18(25-24(30)26-23)5-4-6-19(22)27/h7-12,23H,4-6,13H2,1-3H3,(H2,25,26,30). The molecule has 0 saturated heterocycles. The Bertz CT molecular complexity index is 1040. The van der Waals surface area contributed by atoms with Gasteiger partial charge in [0.1, 0.15) is 6.61 Å². The van der Waals surface area contributed by atoms with E-state index in [0.717, 1.165) is 35.2 Å². The highest BCUT2D eigenvalue weighted by Gasteiger charge is 2.33. The Hall–Kier alpha value is -2.86. The molecule has 4 rings (SSSR count). The molecule has 1 aliphatic heterocycles. The van der Waals surface area contributed by atoms with Crippen LogP contribution in [-0.2, 0) is 11.4 Å². The molecule has 5 nitrogen and oxygen atoms in total. The van der Waals surface area contributed by atoms with Crippen molar-refractivity contribution >= 4 is 23.1 Å². The summed E-state index contributed by atoms with van der Waals surface area (Å²) < 4.78 is 11.7. The lowest BCUT2D eigenvalue weighted by molar-refractivity contribution is -0.116. The summed E-state index contributed by atoms with van der Waals surface area (Å²) in [5.74, 6) is 1.47. The first-order valence-electron chi connectivity index (χ1n) is 10.2. The van der Waals surface area contributed by atoms with Crippen LogP contribution in [0, 0.1) is 13.8 Å². The zero-order valence-corrected chi connectivity index (χ0v) is 18.3. The fourth-order valence-corrected chi connectivity index (χ4v) is 4.29. The number of allylic oxidation sites excluding steroid dienone is 1. The summed E-state index contributed by atoms with van der Waals surface area (Å²) in [5, 5.41) is 6.95. The van der Waals surface area contributed by atoms with Crippen LogP contribution in [-0.4, -0.2) is 18.0 Å². The molecule has 2 aliphatic rings. The van der Waals surface area contributed by atoms with E-state index >= 15 is 0 Å². The minimum Gasteiger partial charge on any atom is -0.493 e. The first kappa shape index (κ1) is 20.4. The zero-order valence-electron chi connectivity index (χ0n) is 17.5. The van der Waals surface area contributed by atoms with Gasteiger partial charge < -0.3 is 20.1 Å². The first-order valence-corrected chi connectivity index (χ1v) is 10.6. The molecule has 156 valence electrons. The van der Waals surface area contributed by atoms with Gasteiger partial charge in [0.25, 0.3) is 0 Å².